The Kier molecular flexibility index (Phi) is 1.19. The lowest BCUT2D eigenvalue weighted by Gasteiger charge is -2.49. The Labute approximate surface area is 80.1 Å². The van der Waals surface area contributed by atoms with Gasteiger partial charge < -0.3 is 5.73 Å². The molecule has 0 aromatic heterocycles. The van der Waals surface area contributed by atoms with E-state index in [0.29, 0.717) is 6.04 Å². The first kappa shape index (κ1) is 7.28. The van der Waals surface area contributed by atoms with Crippen LogP contribution in [0.15, 0.2) is 0 Å². The first-order valence-electron chi connectivity index (χ1n) is 6.10. The van der Waals surface area contributed by atoms with Crippen LogP contribution in [-0.4, -0.2) is 6.04 Å². The summed E-state index contributed by atoms with van der Waals surface area (Å²) in [5.74, 6) is 6.77. The van der Waals surface area contributed by atoms with Gasteiger partial charge in [-0.15, -0.1) is 0 Å². The van der Waals surface area contributed by atoms with Gasteiger partial charge in [-0.2, -0.15) is 0 Å². The minimum absolute atomic E-state index is 0.569. The van der Waals surface area contributed by atoms with Gasteiger partial charge in [0.05, 0.1) is 0 Å². The first-order valence-corrected chi connectivity index (χ1v) is 6.10. The van der Waals surface area contributed by atoms with Crippen LogP contribution in [0.2, 0.25) is 0 Å². The molecular weight excluding hydrogens is 158 g/mol. The van der Waals surface area contributed by atoms with Crippen LogP contribution in [0, 0.1) is 35.5 Å². The van der Waals surface area contributed by atoms with E-state index in [1.807, 2.05) is 0 Å². The number of nitrogens with two attached hydrogens (primary N) is 1. The van der Waals surface area contributed by atoms with Crippen molar-refractivity contribution in [3.05, 3.63) is 0 Å². The Bertz CT molecular complexity index is 244. The van der Waals surface area contributed by atoms with Crippen LogP contribution in [0.4, 0.5) is 0 Å². The molecule has 13 heavy (non-hydrogen) atoms. The van der Waals surface area contributed by atoms with Gasteiger partial charge in [-0.25, -0.2) is 0 Å². The van der Waals surface area contributed by atoms with E-state index in [9.17, 15) is 0 Å². The van der Waals surface area contributed by atoms with E-state index in [0.717, 1.165) is 35.5 Å². The van der Waals surface area contributed by atoms with Crippen molar-refractivity contribution in [3.63, 3.8) is 0 Å². The SMILES string of the molecule is NC1CC2C(C1)C1C3CCC3CC21. The third-order valence-electron chi connectivity index (χ3n) is 5.78. The third kappa shape index (κ3) is 0.707. The molecular formula is C12H19N. The van der Waals surface area contributed by atoms with E-state index in [1.54, 1.807) is 19.3 Å². The van der Waals surface area contributed by atoms with E-state index in [2.05, 4.69) is 0 Å². The summed E-state index contributed by atoms with van der Waals surface area (Å²) in [4.78, 5) is 0. The van der Waals surface area contributed by atoms with Crippen molar-refractivity contribution in [1.29, 1.82) is 0 Å². The fraction of sp³-hybridized carbons (Fsp3) is 1.00. The predicted octanol–water partition coefficient (Wildman–Crippen LogP) is 2.02. The molecule has 72 valence electrons. The smallest absolute Gasteiger partial charge is 0.00445 e. The van der Waals surface area contributed by atoms with Crippen molar-refractivity contribution in [2.24, 2.45) is 41.2 Å². The molecule has 0 aromatic carbocycles. The summed E-state index contributed by atoms with van der Waals surface area (Å²) in [5.41, 5.74) is 6.06. The lowest BCUT2D eigenvalue weighted by Crippen LogP contribution is -2.44. The Balaban J connectivity index is 1.62. The quantitative estimate of drug-likeness (QED) is 0.602. The minimum Gasteiger partial charge on any atom is -0.328 e. The third-order valence-corrected chi connectivity index (χ3v) is 5.78. The zero-order chi connectivity index (χ0) is 8.58. The van der Waals surface area contributed by atoms with Crippen molar-refractivity contribution in [3.8, 4) is 0 Å². The highest BCUT2D eigenvalue weighted by Gasteiger charge is 2.63. The maximum atomic E-state index is 6.06. The van der Waals surface area contributed by atoms with Crippen LogP contribution in [0.25, 0.3) is 0 Å². The second kappa shape index (κ2) is 2.13. The van der Waals surface area contributed by atoms with Gasteiger partial charge in [-0.3, -0.25) is 0 Å². The van der Waals surface area contributed by atoms with Gasteiger partial charge in [0.1, 0.15) is 0 Å². The van der Waals surface area contributed by atoms with Crippen LogP contribution in [0.3, 0.4) is 0 Å². The van der Waals surface area contributed by atoms with E-state index >= 15 is 0 Å². The van der Waals surface area contributed by atoms with Crippen LogP contribution in [0.5, 0.6) is 0 Å². The standard InChI is InChI=1S/C12H19N/c13-7-4-9-10-3-6-1-2-8(6)12(10)11(9)5-7/h6-12H,1-5,13H2. The Hall–Kier alpha value is -0.0400. The van der Waals surface area contributed by atoms with E-state index in [1.165, 1.54) is 12.8 Å². The number of fused-ring (bicyclic) bond motifs is 6. The summed E-state index contributed by atoms with van der Waals surface area (Å²) in [6.45, 7) is 0. The number of hydrogen-bond donors (Lipinski definition) is 1. The number of hydrogen-bond acceptors (Lipinski definition) is 1. The molecule has 0 spiro atoms. The van der Waals surface area contributed by atoms with Crippen molar-refractivity contribution < 1.29 is 0 Å². The van der Waals surface area contributed by atoms with Gasteiger partial charge >= 0.3 is 0 Å². The summed E-state index contributed by atoms with van der Waals surface area (Å²) in [5, 5.41) is 0. The van der Waals surface area contributed by atoms with Crippen molar-refractivity contribution in [1.82, 2.24) is 0 Å². The second-order valence-corrected chi connectivity index (χ2v) is 6.04. The molecule has 0 saturated heterocycles. The molecule has 4 saturated carbocycles. The highest BCUT2D eigenvalue weighted by Crippen LogP contribution is 2.69. The zero-order valence-corrected chi connectivity index (χ0v) is 8.15. The van der Waals surface area contributed by atoms with Crippen LogP contribution in [-0.2, 0) is 0 Å². The van der Waals surface area contributed by atoms with Gasteiger partial charge in [0.25, 0.3) is 0 Å². The summed E-state index contributed by atoms with van der Waals surface area (Å²) in [6, 6.07) is 0.569. The topological polar surface area (TPSA) is 26.0 Å². The summed E-state index contributed by atoms with van der Waals surface area (Å²) in [7, 11) is 0. The monoisotopic (exact) mass is 177 g/mol. The molecule has 4 fully saturated rings. The summed E-state index contributed by atoms with van der Waals surface area (Å²) < 4.78 is 0. The van der Waals surface area contributed by atoms with Gasteiger partial charge in [0.15, 0.2) is 0 Å². The highest BCUT2D eigenvalue weighted by atomic mass is 14.8. The molecule has 0 bridgehead atoms. The Morgan fingerprint density at radius 3 is 2.31 bits per heavy atom. The number of rotatable bonds is 0. The van der Waals surface area contributed by atoms with Crippen molar-refractivity contribution in [2.45, 2.75) is 38.1 Å². The molecule has 7 unspecified atom stereocenters. The van der Waals surface area contributed by atoms with Gasteiger partial charge in [-0.05, 0) is 67.6 Å². The predicted molar refractivity (Wildman–Crippen MR) is 52.0 cm³/mol. The fourth-order valence-corrected chi connectivity index (χ4v) is 5.25. The lowest BCUT2D eigenvalue weighted by atomic mass is 9.56. The molecule has 0 amide bonds. The first-order chi connectivity index (χ1) is 6.34. The van der Waals surface area contributed by atoms with E-state index in [4.69, 9.17) is 5.73 Å². The molecule has 0 aromatic rings. The van der Waals surface area contributed by atoms with Gasteiger partial charge in [0, 0.05) is 6.04 Å². The van der Waals surface area contributed by atoms with Crippen molar-refractivity contribution in [2.75, 3.05) is 0 Å². The maximum absolute atomic E-state index is 6.06. The highest BCUT2D eigenvalue weighted by molar-refractivity contribution is 5.12. The largest absolute Gasteiger partial charge is 0.328 e. The zero-order valence-electron chi connectivity index (χ0n) is 8.15. The second-order valence-electron chi connectivity index (χ2n) is 6.04. The van der Waals surface area contributed by atoms with Gasteiger partial charge in [0.2, 0.25) is 0 Å². The average Bonchev–Trinajstić information content (AvgIpc) is 2.48. The molecule has 4 aliphatic rings. The minimum atomic E-state index is 0.569. The molecule has 4 aliphatic carbocycles. The molecule has 2 N–H and O–H groups in total. The average molecular weight is 177 g/mol. The molecule has 1 heteroatoms. The van der Waals surface area contributed by atoms with E-state index in [-0.39, 0.29) is 0 Å². The van der Waals surface area contributed by atoms with E-state index < -0.39 is 0 Å². The molecule has 4 rings (SSSR count). The lowest BCUT2D eigenvalue weighted by molar-refractivity contribution is -0.0109. The summed E-state index contributed by atoms with van der Waals surface area (Å²) in [6.07, 6.45) is 7.44. The normalized spacial score (nSPS) is 67.6. The maximum Gasteiger partial charge on any atom is 0.00445 e. The van der Waals surface area contributed by atoms with Crippen molar-refractivity contribution >= 4 is 0 Å². The fourth-order valence-electron chi connectivity index (χ4n) is 5.25. The Morgan fingerprint density at radius 1 is 0.769 bits per heavy atom. The van der Waals surface area contributed by atoms with Gasteiger partial charge in [-0.1, -0.05) is 0 Å². The molecule has 0 radical (unpaired) electrons. The molecule has 0 aliphatic heterocycles. The molecule has 1 nitrogen and oxygen atoms in total. The van der Waals surface area contributed by atoms with Crippen LogP contribution >= 0.6 is 0 Å². The molecule has 7 atom stereocenters. The van der Waals surface area contributed by atoms with Crippen LogP contribution < -0.4 is 5.73 Å². The van der Waals surface area contributed by atoms with Crippen LogP contribution in [0.1, 0.15) is 32.1 Å². The Morgan fingerprint density at radius 2 is 1.54 bits per heavy atom. The molecule has 0 heterocycles. The summed E-state index contributed by atoms with van der Waals surface area (Å²) >= 11 is 0.